The lowest BCUT2D eigenvalue weighted by molar-refractivity contribution is -0.124. The molecule has 0 aromatic carbocycles. The van der Waals surface area contributed by atoms with Crippen LogP contribution in [0.1, 0.15) is 46.0 Å². The van der Waals surface area contributed by atoms with Crippen LogP contribution in [-0.2, 0) is 4.79 Å². The van der Waals surface area contributed by atoms with Crippen molar-refractivity contribution in [3.63, 3.8) is 0 Å². The van der Waals surface area contributed by atoms with E-state index in [9.17, 15) is 4.79 Å². The number of rotatable bonds is 4. The Morgan fingerprint density at radius 3 is 2.63 bits per heavy atom. The van der Waals surface area contributed by atoms with E-state index in [1.165, 1.54) is 19.3 Å². The molecule has 19 heavy (non-hydrogen) atoms. The number of carbonyl (C=O) groups excluding carboxylic acids is 1. The minimum atomic E-state index is 0.187. The molecular formula is C15H29N3O. The lowest BCUT2D eigenvalue weighted by atomic mass is 9.85. The molecule has 1 saturated heterocycles. The van der Waals surface area contributed by atoms with Gasteiger partial charge in [-0.2, -0.15) is 0 Å². The Balaban J connectivity index is 1.86. The highest BCUT2D eigenvalue weighted by molar-refractivity contribution is 5.78. The van der Waals surface area contributed by atoms with E-state index in [0.29, 0.717) is 37.0 Å². The van der Waals surface area contributed by atoms with E-state index >= 15 is 0 Å². The monoisotopic (exact) mass is 267 g/mol. The summed E-state index contributed by atoms with van der Waals surface area (Å²) >= 11 is 0. The lowest BCUT2D eigenvalue weighted by Crippen LogP contribution is -2.54. The van der Waals surface area contributed by atoms with Gasteiger partial charge >= 0.3 is 0 Å². The Hall–Kier alpha value is -0.610. The van der Waals surface area contributed by atoms with E-state index in [4.69, 9.17) is 5.73 Å². The Kier molecular flexibility index (Phi) is 5.22. The molecule has 1 saturated carbocycles. The fourth-order valence-electron chi connectivity index (χ4n) is 3.85. The maximum atomic E-state index is 12.1. The van der Waals surface area contributed by atoms with Crippen LogP contribution in [0.25, 0.3) is 0 Å². The number of nitrogens with two attached hydrogens (primary N) is 1. The summed E-state index contributed by atoms with van der Waals surface area (Å²) in [5, 5.41) is 3.18. The molecule has 2 aliphatic rings. The third-order valence-electron chi connectivity index (χ3n) is 4.75. The first kappa shape index (κ1) is 14.8. The van der Waals surface area contributed by atoms with Gasteiger partial charge in [0.15, 0.2) is 0 Å². The molecule has 1 amide bonds. The van der Waals surface area contributed by atoms with Crippen molar-refractivity contribution in [2.45, 2.75) is 58.0 Å². The Bertz CT molecular complexity index is 302. The molecule has 1 aliphatic carbocycles. The van der Waals surface area contributed by atoms with Crippen LogP contribution >= 0.6 is 0 Å². The van der Waals surface area contributed by atoms with Crippen LogP contribution in [0.4, 0.5) is 0 Å². The molecule has 2 fully saturated rings. The minimum absolute atomic E-state index is 0.187. The molecule has 0 bridgehead atoms. The first-order valence-electron chi connectivity index (χ1n) is 7.83. The number of amides is 1. The molecule has 0 radical (unpaired) electrons. The first-order valence-corrected chi connectivity index (χ1v) is 7.83. The van der Waals surface area contributed by atoms with Crippen molar-refractivity contribution in [3.8, 4) is 0 Å². The maximum absolute atomic E-state index is 12.1. The SMILES string of the molecule is CC1CC(C)C(CN)N(CC(=O)NC2CCCC2)C1. The predicted molar refractivity (Wildman–Crippen MR) is 77.8 cm³/mol. The van der Waals surface area contributed by atoms with Gasteiger partial charge in [-0.05, 0) is 31.1 Å². The van der Waals surface area contributed by atoms with Crippen LogP contribution in [0.5, 0.6) is 0 Å². The van der Waals surface area contributed by atoms with Crippen LogP contribution in [0.3, 0.4) is 0 Å². The second kappa shape index (κ2) is 6.71. The van der Waals surface area contributed by atoms with Crippen LogP contribution in [0.15, 0.2) is 0 Å². The number of likely N-dealkylation sites (tertiary alicyclic amines) is 1. The molecular weight excluding hydrogens is 238 g/mol. The number of hydrogen-bond acceptors (Lipinski definition) is 3. The highest BCUT2D eigenvalue weighted by Gasteiger charge is 2.32. The summed E-state index contributed by atoms with van der Waals surface area (Å²) in [5.41, 5.74) is 5.90. The summed E-state index contributed by atoms with van der Waals surface area (Å²) in [6.45, 7) is 6.71. The Morgan fingerprint density at radius 2 is 2.00 bits per heavy atom. The van der Waals surface area contributed by atoms with Crippen molar-refractivity contribution in [2.75, 3.05) is 19.6 Å². The normalized spacial score (nSPS) is 33.5. The summed E-state index contributed by atoms with van der Waals surface area (Å²) in [4.78, 5) is 14.4. The molecule has 3 atom stereocenters. The van der Waals surface area contributed by atoms with E-state index in [2.05, 4.69) is 24.1 Å². The topological polar surface area (TPSA) is 58.4 Å². The quantitative estimate of drug-likeness (QED) is 0.808. The van der Waals surface area contributed by atoms with Crippen molar-refractivity contribution in [1.82, 2.24) is 10.2 Å². The average Bonchev–Trinajstić information content (AvgIpc) is 2.81. The number of nitrogens with one attached hydrogen (secondary N) is 1. The molecule has 0 spiro atoms. The number of nitrogens with zero attached hydrogens (tertiary/aromatic N) is 1. The highest BCUT2D eigenvalue weighted by Crippen LogP contribution is 2.26. The number of hydrogen-bond donors (Lipinski definition) is 2. The fourth-order valence-corrected chi connectivity index (χ4v) is 3.85. The molecule has 0 aromatic rings. The van der Waals surface area contributed by atoms with Gasteiger partial charge in [0.2, 0.25) is 5.91 Å². The first-order chi connectivity index (χ1) is 9.10. The molecule has 2 rings (SSSR count). The molecule has 4 nitrogen and oxygen atoms in total. The molecule has 0 aromatic heterocycles. The second-order valence-electron chi connectivity index (χ2n) is 6.60. The summed E-state index contributed by atoms with van der Waals surface area (Å²) in [6.07, 6.45) is 6.04. The number of carbonyl (C=O) groups is 1. The van der Waals surface area contributed by atoms with Gasteiger partial charge in [-0.3, -0.25) is 9.69 Å². The third kappa shape index (κ3) is 3.93. The Labute approximate surface area is 117 Å². The van der Waals surface area contributed by atoms with Crippen molar-refractivity contribution < 1.29 is 4.79 Å². The predicted octanol–water partition coefficient (Wildman–Crippen LogP) is 1.35. The van der Waals surface area contributed by atoms with Crippen LogP contribution < -0.4 is 11.1 Å². The van der Waals surface area contributed by atoms with Crippen molar-refractivity contribution in [1.29, 1.82) is 0 Å². The molecule has 1 heterocycles. The summed E-state index contributed by atoms with van der Waals surface area (Å²) < 4.78 is 0. The van der Waals surface area contributed by atoms with Gasteiger partial charge in [0.1, 0.15) is 0 Å². The smallest absolute Gasteiger partial charge is 0.234 e. The molecule has 3 N–H and O–H groups in total. The maximum Gasteiger partial charge on any atom is 0.234 e. The summed E-state index contributed by atoms with van der Waals surface area (Å²) in [5.74, 6) is 1.44. The van der Waals surface area contributed by atoms with Crippen LogP contribution in [0, 0.1) is 11.8 Å². The molecule has 4 heteroatoms. The highest BCUT2D eigenvalue weighted by atomic mass is 16.2. The van der Waals surface area contributed by atoms with Gasteiger partial charge in [0.25, 0.3) is 0 Å². The molecule has 110 valence electrons. The summed E-state index contributed by atoms with van der Waals surface area (Å²) in [6, 6.07) is 0.786. The Morgan fingerprint density at radius 1 is 1.32 bits per heavy atom. The largest absolute Gasteiger partial charge is 0.352 e. The number of piperidine rings is 1. The van der Waals surface area contributed by atoms with Gasteiger partial charge in [-0.25, -0.2) is 0 Å². The van der Waals surface area contributed by atoms with E-state index in [-0.39, 0.29) is 5.91 Å². The van der Waals surface area contributed by atoms with Gasteiger partial charge < -0.3 is 11.1 Å². The van der Waals surface area contributed by atoms with Gasteiger partial charge in [-0.15, -0.1) is 0 Å². The van der Waals surface area contributed by atoms with E-state index < -0.39 is 0 Å². The van der Waals surface area contributed by atoms with Crippen LogP contribution in [-0.4, -0.2) is 42.5 Å². The van der Waals surface area contributed by atoms with Crippen LogP contribution in [0.2, 0.25) is 0 Å². The van der Waals surface area contributed by atoms with E-state index in [0.717, 1.165) is 19.4 Å². The van der Waals surface area contributed by atoms with Crippen molar-refractivity contribution in [3.05, 3.63) is 0 Å². The molecule has 1 aliphatic heterocycles. The minimum Gasteiger partial charge on any atom is -0.352 e. The van der Waals surface area contributed by atoms with E-state index in [1.807, 2.05) is 0 Å². The van der Waals surface area contributed by atoms with Crippen molar-refractivity contribution in [2.24, 2.45) is 17.6 Å². The fraction of sp³-hybridized carbons (Fsp3) is 0.933. The summed E-state index contributed by atoms with van der Waals surface area (Å²) in [7, 11) is 0. The van der Waals surface area contributed by atoms with Gasteiger partial charge in [-0.1, -0.05) is 26.7 Å². The van der Waals surface area contributed by atoms with Gasteiger partial charge in [0, 0.05) is 25.2 Å². The zero-order valence-corrected chi connectivity index (χ0v) is 12.4. The lowest BCUT2D eigenvalue weighted by Gasteiger charge is -2.42. The zero-order chi connectivity index (χ0) is 13.8. The van der Waals surface area contributed by atoms with Gasteiger partial charge in [0.05, 0.1) is 6.54 Å². The van der Waals surface area contributed by atoms with Crippen molar-refractivity contribution >= 4 is 5.91 Å². The molecule has 3 unspecified atom stereocenters. The second-order valence-corrected chi connectivity index (χ2v) is 6.60. The third-order valence-corrected chi connectivity index (χ3v) is 4.75. The zero-order valence-electron chi connectivity index (χ0n) is 12.4. The average molecular weight is 267 g/mol. The van der Waals surface area contributed by atoms with E-state index in [1.54, 1.807) is 0 Å². The standard InChI is InChI=1S/C15H29N3O/c1-11-7-12(2)14(8-16)18(9-11)10-15(19)17-13-5-3-4-6-13/h11-14H,3-10,16H2,1-2H3,(H,17,19).